The van der Waals surface area contributed by atoms with Gasteiger partial charge in [0.2, 0.25) is 0 Å². The number of pyridine rings is 1. The molecule has 0 saturated carbocycles. The summed E-state index contributed by atoms with van der Waals surface area (Å²) in [6.45, 7) is 7.92. The largest absolute Gasteiger partial charge is 0.459 e. The lowest BCUT2D eigenvalue weighted by Crippen LogP contribution is -2.49. The predicted molar refractivity (Wildman–Crippen MR) is 98.3 cm³/mol. The Balaban J connectivity index is 1.59. The molecular formula is C19H24N4O3. The summed E-state index contributed by atoms with van der Waals surface area (Å²) < 4.78 is 5.18. The van der Waals surface area contributed by atoms with Gasteiger partial charge in [-0.15, -0.1) is 0 Å². The molecule has 0 aliphatic carbocycles. The molecule has 1 fully saturated rings. The van der Waals surface area contributed by atoms with Crippen molar-refractivity contribution in [2.24, 2.45) is 0 Å². The molecule has 2 amide bonds. The van der Waals surface area contributed by atoms with E-state index in [1.165, 1.54) is 6.26 Å². The summed E-state index contributed by atoms with van der Waals surface area (Å²) in [5.41, 5.74) is 0.601. The van der Waals surface area contributed by atoms with Crippen molar-refractivity contribution in [3.8, 4) is 0 Å². The molecule has 0 spiro atoms. The maximum atomic E-state index is 12.3. The summed E-state index contributed by atoms with van der Waals surface area (Å²) >= 11 is 0. The smallest absolute Gasteiger partial charge is 0.289 e. The quantitative estimate of drug-likeness (QED) is 0.821. The molecule has 7 nitrogen and oxygen atoms in total. The molecule has 1 saturated heterocycles. The third-order valence-electron chi connectivity index (χ3n) is 4.67. The lowest BCUT2D eigenvalue weighted by molar-refractivity contribution is 0.0713. The molecule has 0 aromatic carbocycles. The monoisotopic (exact) mass is 356 g/mol. The van der Waals surface area contributed by atoms with E-state index in [1.54, 1.807) is 28.1 Å². The maximum absolute atomic E-state index is 12.3. The van der Waals surface area contributed by atoms with Crippen LogP contribution in [0.4, 0.5) is 5.82 Å². The lowest BCUT2D eigenvalue weighted by Gasteiger charge is -2.35. The Bertz CT molecular complexity index is 731. The average Bonchev–Trinajstić information content (AvgIpc) is 3.23. The van der Waals surface area contributed by atoms with Gasteiger partial charge in [-0.25, -0.2) is 4.98 Å². The highest BCUT2D eigenvalue weighted by Gasteiger charge is 2.24. The Morgan fingerprint density at radius 2 is 1.85 bits per heavy atom. The average molecular weight is 356 g/mol. The molecule has 0 N–H and O–H groups in total. The van der Waals surface area contributed by atoms with Crippen molar-refractivity contribution in [1.82, 2.24) is 14.8 Å². The number of hydrogen-bond donors (Lipinski definition) is 0. The zero-order valence-corrected chi connectivity index (χ0v) is 15.2. The third-order valence-corrected chi connectivity index (χ3v) is 4.67. The van der Waals surface area contributed by atoms with E-state index in [-0.39, 0.29) is 11.8 Å². The summed E-state index contributed by atoms with van der Waals surface area (Å²) in [7, 11) is 0. The van der Waals surface area contributed by atoms with Crippen LogP contribution in [-0.2, 0) is 0 Å². The van der Waals surface area contributed by atoms with Crippen molar-refractivity contribution >= 4 is 17.6 Å². The first-order valence-corrected chi connectivity index (χ1v) is 8.97. The van der Waals surface area contributed by atoms with Crippen LogP contribution >= 0.6 is 0 Å². The molecule has 138 valence electrons. The minimum atomic E-state index is -0.0808. The van der Waals surface area contributed by atoms with Crippen molar-refractivity contribution in [1.29, 1.82) is 0 Å². The fraction of sp³-hybridized carbons (Fsp3) is 0.421. The first-order chi connectivity index (χ1) is 12.6. The highest BCUT2D eigenvalue weighted by atomic mass is 16.3. The maximum Gasteiger partial charge on any atom is 0.289 e. The van der Waals surface area contributed by atoms with E-state index in [0.717, 1.165) is 5.82 Å². The molecule has 0 atom stereocenters. The fourth-order valence-corrected chi connectivity index (χ4v) is 3.09. The van der Waals surface area contributed by atoms with Crippen LogP contribution in [0.1, 0.15) is 34.8 Å². The number of amides is 2. The summed E-state index contributed by atoms with van der Waals surface area (Å²) in [6, 6.07) is 7.10. The molecule has 1 aliphatic rings. The van der Waals surface area contributed by atoms with Crippen LogP contribution in [0.3, 0.4) is 0 Å². The van der Waals surface area contributed by atoms with Crippen LogP contribution in [0, 0.1) is 0 Å². The molecule has 2 aromatic rings. The molecule has 26 heavy (non-hydrogen) atoms. The second-order valence-electron chi connectivity index (χ2n) is 6.14. The van der Waals surface area contributed by atoms with Crippen molar-refractivity contribution < 1.29 is 14.0 Å². The van der Waals surface area contributed by atoms with Gasteiger partial charge in [-0.3, -0.25) is 9.59 Å². The van der Waals surface area contributed by atoms with Gasteiger partial charge >= 0.3 is 0 Å². The van der Waals surface area contributed by atoms with Crippen LogP contribution in [0.2, 0.25) is 0 Å². The number of anilines is 1. The van der Waals surface area contributed by atoms with Crippen LogP contribution in [0.5, 0.6) is 0 Å². The molecule has 7 heteroatoms. The Morgan fingerprint density at radius 3 is 2.38 bits per heavy atom. The number of furan rings is 1. The molecular weight excluding hydrogens is 332 g/mol. The normalized spacial score (nSPS) is 14.4. The number of carbonyl (C=O) groups is 2. The Labute approximate surface area is 153 Å². The third kappa shape index (κ3) is 3.71. The van der Waals surface area contributed by atoms with E-state index in [4.69, 9.17) is 4.42 Å². The molecule has 3 rings (SSSR count). The van der Waals surface area contributed by atoms with Gasteiger partial charge in [-0.1, -0.05) is 0 Å². The summed E-state index contributed by atoms with van der Waals surface area (Å²) in [5.74, 6) is 1.12. The van der Waals surface area contributed by atoms with E-state index in [1.807, 2.05) is 26.0 Å². The van der Waals surface area contributed by atoms with Gasteiger partial charge in [-0.05, 0) is 38.1 Å². The summed E-state index contributed by atoms with van der Waals surface area (Å²) in [6.07, 6.45) is 3.14. The van der Waals surface area contributed by atoms with Gasteiger partial charge < -0.3 is 19.1 Å². The minimum Gasteiger partial charge on any atom is -0.459 e. The Hall–Kier alpha value is -2.83. The lowest BCUT2D eigenvalue weighted by atomic mass is 10.2. The molecule has 3 heterocycles. The first kappa shape index (κ1) is 18.0. The van der Waals surface area contributed by atoms with E-state index in [0.29, 0.717) is 50.6 Å². The van der Waals surface area contributed by atoms with Crippen molar-refractivity contribution in [3.63, 3.8) is 0 Å². The SMILES string of the molecule is CCN(CC)C(=O)c1ccc(N2CCN(C(=O)c3ccco3)CC2)nc1. The standard InChI is InChI=1S/C19H24N4O3/c1-3-21(4-2)18(24)15-7-8-17(20-14-15)22-9-11-23(12-10-22)19(25)16-6-5-13-26-16/h5-8,13-14H,3-4,9-12H2,1-2H3. The second kappa shape index (κ2) is 8.03. The fourth-order valence-electron chi connectivity index (χ4n) is 3.09. The highest BCUT2D eigenvalue weighted by Crippen LogP contribution is 2.16. The van der Waals surface area contributed by atoms with E-state index < -0.39 is 0 Å². The zero-order valence-electron chi connectivity index (χ0n) is 15.2. The van der Waals surface area contributed by atoms with E-state index in [9.17, 15) is 9.59 Å². The molecule has 0 bridgehead atoms. The number of carbonyl (C=O) groups excluding carboxylic acids is 2. The number of hydrogen-bond acceptors (Lipinski definition) is 5. The number of nitrogens with zero attached hydrogens (tertiary/aromatic N) is 4. The van der Waals surface area contributed by atoms with Crippen molar-refractivity contribution in [3.05, 3.63) is 48.0 Å². The Kier molecular flexibility index (Phi) is 5.55. The Morgan fingerprint density at radius 1 is 1.12 bits per heavy atom. The minimum absolute atomic E-state index is 0.00270. The summed E-state index contributed by atoms with van der Waals surface area (Å²) in [5, 5.41) is 0. The highest BCUT2D eigenvalue weighted by molar-refractivity contribution is 5.94. The number of piperazine rings is 1. The van der Waals surface area contributed by atoms with Crippen molar-refractivity contribution in [2.45, 2.75) is 13.8 Å². The van der Waals surface area contributed by atoms with Crippen LogP contribution < -0.4 is 4.90 Å². The molecule has 2 aromatic heterocycles. The van der Waals surface area contributed by atoms with Crippen LogP contribution in [0.25, 0.3) is 0 Å². The van der Waals surface area contributed by atoms with Crippen molar-refractivity contribution in [2.75, 3.05) is 44.2 Å². The zero-order chi connectivity index (χ0) is 18.5. The van der Waals surface area contributed by atoms with Crippen LogP contribution in [-0.4, -0.2) is 65.9 Å². The molecule has 0 radical (unpaired) electrons. The summed E-state index contributed by atoms with van der Waals surface area (Å²) in [4.78, 5) is 34.8. The van der Waals surface area contributed by atoms with E-state index in [2.05, 4.69) is 9.88 Å². The molecule has 1 aliphatic heterocycles. The topological polar surface area (TPSA) is 69.9 Å². The van der Waals surface area contributed by atoms with Gasteiger partial charge in [0.15, 0.2) is 5.76 Å². The number of aromatic nitrogens is 1. The van der Waals surface area contributed by atoms with Crippen LogP contribution in [0.15, 0.2) is 41.1 Å². The second-order valence-corrected chi connectivity index (χ2v) is 6.14. The van der Waals surface area contributed by atoms with Gasteiger partial charge in [0.05, 0.1) is 11.8 Å². The van der Waals surface area contributed by atoms with Gasteiger partial charge in [0.1, 0.15) is 5.82 Å². The van der Waals surface area contributed by atoms with Gasteiger partial charge in [-0.2, -0.15) is 0 Å². The van der Waals surface area contributed by atoms with Gasteiger partial charge in [0.25, 0.3) is 11.8 Å². The van der Waals surface area contributed by atoms with Gasteiger partial charge in [0, 0.05) is 45.5 Å². The molecule has 0 unspecified atom stereocenters. The number of rotatable bonds is 5. The predicted octanol–water partition coefficient (Wildman–Crippen LogP) is 2.12. The van der Waals surface area contributed by atoms with E-state index >= 15 is 0 Å². The first-order valence-electron chi connectivity index (χ1n) is 8.97.